The third-order valence-corrected chi connectivity index (χ3v) is 2.93. The fraction of sp³-hybridized carbons (Fsp3) is 0.364. The van der Waals surface area contributed by atoms with Crippen LogP contribution in [0.3, 0.4) is 0 Å². The number of nitro groups is 2. The summed E-state index contributed by atoms with van der Waals surface area (Å²) in [4.78, 5) is 32.8. The largest absolute Gasteiger partial charge is 0.448 e. The summed E-state index contributed by atoms with van der Waals surface area (Å²) in [5, 5.41) is 24.3. The van der Waals surface area contributed by atoms with Crippen molar-refractivity contribution in [1.29, 1.82) is 0 Å². The zero-order valence-corrected chi connectivity index (χ0v) is 10.9. The van der Waals surface area contributed by atoms with Gasteiger partial charge in [-0.25, -0.2) is 4.79 Å². The van der Waals surface area contributed by atoms with Gasteiger partial charge in [-0.05, 0) is 6.07 Å². The average Bonchev–Trinajstić information content (AvgIpc) is 2.84. The minimum absolute atomic E-state index is 0.165. The number of amides is 1. The molecule has 0 spiro atoms. The number of carbonyl (C=O) groups is 1. The van der Waals surface area contributed by atoms with Gasteiger partial charge in [0.1, 0.15) is 12.3 Å². The van der Waals surface area contributed by atoms with Crippen molar-refractivity contribution in [3.63, 3.8) is 0 Å². The zero-order chi connectivity index (χ0) is 15.4. The van der Waals surface area contributed by atoms with Crippen LogP contribution < -0.4 is 5.32 Å². The van der Waals surface area contributed by atoms with Crippen molar-refractivity contribution in [2.75, 3.05) is 31.6 Å². The molecular weight excluding hydrogens is 284 g/mol. The average molecular weight is 296 g/mol. The second kappa shape index (κ2) is 6.03. The Kier molecular flexibility index (Phi) is 4.16. The first-order valence-electron chi connectivity index (χ1n) is 6.07. The first-order chi connectivity index (χ1) is 9.99. The highest BCUT2D eigenvalue weighted by atomic mass is 16.6. The standard InChI is InChI=1S/C11H12N4O6/c16-11-13(5-6-21-11)4-3-12-9-2-1-8(14(17)18)7-10(9)15(19)20/h1-2,7,12H,3-6H2. The number of nitro benzene ring substituents is 2. The smallest absolute Gasteiger partial charge is 0.409 e. The maximum atomic E-state index is 11.2. The molecule has 1 heterocycles. The minimum atomic E-state index is -0.697. The molecule has 1 fully saturated rings. The van der Waals surface area contributed by atoms with Gasteiger partial charge in [-0.2, -0.15) is 0 Å². The number of ether oxygens (including phenoxy) is 1. The second-order valence-corrected chi connectivity index (χ2v) is 4.24. The van der Waals surface area contributed by atoms with Crippen LogP contribution in [0, 0.1) is 20.2 Å². The van der Waals surface area contributed by atoms with Gasteiger partial charge in [0.25, 0.3) is 11.4 Å². The predicted molar refractivity (Wildman–Crippen MR) is 71.2 cm³/mol. The molecule has 1 aliphatic heterocycles. The molecule has 112 valence electrons. The van der Waals surface area contributed by atoms with E-state index in [0.29, 0.717) is 19.7 Å². The van der Waals surface area contributed by atoms with Crippen LogP contribution in [-0.4, -0.2) is 47.1 Å². The van der Waals surface area contributed by atoms with E-state index >= 15 is 0 Å². The molecule has 1 amide bonds. The summed E-state index contributed by atoms with van der Waals surface area (Å²) in [5.41, 5.74) is -0.568. The molecule has 1 aromatic rings. The molecule has 10 nitrogen and oxygen atoms in total. The summed E-state index contributed by atoms with van der Waals surface area (Å²) < 4.78 is 4.75. The molecule has 0 unspecified atom stereocenters. The summed E-state index contributed by atoms with van der Waals surface area (Å²) in [7, 11) is 0. The lowest BCUT2D eigenvalue weighted by Gasteiger charge is -2.13. The summed E-state index contributed by atoms with van der Waals surface area (Å²) >= 11 is 0. The van der Waals surface area contributed by atoms with Gasteiger partial charge in [0.05, 0.1) is 22.5 Å². The lowest BCUT2D eigenvalue weighted by atomic mass is 10.2. The van der Waals surface area contributed by atoms with Gasteiger partial charge in [0.2, 0.25) is 0 Å². The maximum Gasteiger partial charge on any atom is 0.409 e. The Hall–Kier alpha value is -2.91. The molecule has 0 aliphatic carbocycles. The quantitative estimate of drug-likeness (QED) is 0.620. The van der Waals surface area contributed by atoms with Crippen LogP contribution in [0.1, 0.15) is 0 Å². The Morgan fingerprint density at radius 1 is 1.29 bits per heavy atom. The molecule has 1 aromatic carbocycles. The molecule has 1 N–H and O–H groups in total. The van der Waals surface area contributed by atoms with E-state index in [2.05, 4.69) is 5.32 Å². The fourth-order valence-electron chi connectivity index (χ4n) is 1.89. The molecule has 1 aliphatic rings. The number of nitrogens with zero attached hydrogens (tertiary/aromatic N) is 3. The number of anilines is 1. The van der Waals surface area contributed by atoms with E-state index in [0.717, 1.165) is 6.07 Å². The van der Waals surface area contributed by atoms with Crippen LogP contribution in [0.5, 0.6) is 0 Å². The highest BCUT2D eigenvalue weighted by Crippen LogP contribution is 2.28. The van der Waals surface area contributed by atoms with E-state index in [-0.39, 0.29) is 23.6 Å². The Balaban J connectivity index is 2.03. The highest BCUT2D eigenvalue weighted by Gasteiger charge is 2.22. The van der Waals surface area contributed by atoms with Gasteiger partial charge in [0, 0.05) is 19.2 Å². The van der Waals surface area contributed by atoms with Crippen LogP contribution >= 0.6 is 0 Å². The van der Waals surface area contributed by atoms with Crippen molar-refractivity contribution in [3.8, 4) is 0 Å². The lowest BCUT2D eigenvalue weighted by molar-refractivity contribution is -0.393. The molecule has 0 bridgehead atoms. The number of non-ortho nitro benzene ring substituents is 1. The van der Waals surface area contributed by atoms with E-state index in [4.69, 9.17) is 4.74 Å². The predicted octanol–water partition coefficient (Wildman–Crippen LogP) is 1.37. The van der Waals surface area contributed by atoms with E-state index in [9.17, 15) is 25.0 Å². The second-order valence-electron chi connectivity index (χ2n) is 4.24. The first kappa shape index (κ1) is 14.5. The monoisotopic (exact) mass is 296 g/mol. The van der Waals surface area contributed by atoms with E-state index in [1.54, 1.807) is 0 Å². The van der Waals surface area contributed by atoms with Crippen molar-refractivity contribution in [2.45, 2.75) is 0 Å². The van der Waals surface area contributed by atoms with Crippen LogP contribution in [-0.2, 0) is 4.74 Å². The Morgan fingerprint density at radius 2 is 2.05 bits per heavy atom. The van der Waals surface area contributed by atoms with Crippen molar-refractivity contribution in [3.05, 3.63) is 38.4 Å². The number of carbonyl (C=O) groups excluding carboxylic acids is 1. The van der Waals surface area contributed by atoms with Crippen LogP contribution in [0.15, 0.2) is 18.2 Å². The van der Waals surface area contributed by atoms with Gasteiger partial charge in [0.15, 0.2) is 0 Å². The van der Waals surface area contributed by atoms with Crippen LogP contribution in [0.2, 0.25) is 0 Å². The van der Waals surface area contributed by atoms with Gasteiger partial charge >= 0.3 is 6.09 Å². The molecule has 10 heteroatoms. The minimum Gasteiger partial charge on any atom is -0.448 e. The number of cyclic esters (lactones) is 1. The SMILES string of the molecule is O=C1OCCN1CCNc1ccc([N+](=O)[O-])cc1[N+](=O)[O-]. The molecule has 21 heavy (non-hydrogen) atoms. The van der Waals surface area contributed by atoms with Crippen molar-refractivity contribution < 1.29 is 19.4 Å². The molecule has 2 rings (SSSR count). The molecule has 0 atom stereocenters. The number of nitrogens with one attached hydrogen (secondary N) is 1. The van der Waals surface area contributed by atoms with Crippen LogP contribution in [0.25, 0.3) is 0 Å². The van der Waals surface area contributed by atoms with Crippen molar-refractivity contribution in [1.82, 2.24) is 4.90 Å². The highest BCUT2D eigenvalue weighted by molar-refractivity contribution is 5.69. The normalized spacial score (nSPS) is 13.9. The number of rotatable bonds is 6. The molecule has 0 saturated carbocycles. The van der Waals surface area contributed by atoms with Crippen LogP contribution in [0.4, 0.5) is 21.9 Å². The fourth-order valence-corrected chi connectivity index (χ4v) is 1.89. The molecule has 1 saturated heterocycles. The summed E-state index contributed by atoms with van der Waals surface area (Å²) in [5.74, 6) is 0. The van der Waals surface area contributed by atoms with Gasteiger partial charge < -0.3 is 15.0 Å². The van der Waals surface area contributed by atoms with E-state index in [1.807, 2.05) is 0 Å². The summed E-state index contributed by atoms with van der Waals surface area (Å²) in [6.45, 7) is 1.40. The molecule has 0 radical (unpaired) electrons. The van der Waals surface area contributed by atoms with Gasteiger partial charge in [-0.1, -0.05) is 0 Å². The third kappa shape index (κ3) is 3.35. The Bertz CT molecular complexity index is 590. The maximum absolute atomic E-state index is 11.2. The van der Waals surface area contributed by atoms with Gasteiger partial charge in [-0.15, -0.1) is 0 Å². The summed E-state index contributed by atoms with van der Waals surface area (Å²) in [6.07, 6.45) is -0.421. The first-order valence-corrected chi connectivity index (χ1v) is 6.07. The lowest BCUT2D eigenvalue weighted by Crippen LogP contribution is -2.29. The number of hydrogen-bond acceptors (Lipinski definition) is 7. The summed E-state index contributed by atoms with van der Waals surface area (Å²) in [6, 6.07) is 3.35. The van der Waals surface area contributed by atoms with Gasteiger partial charge in [-0.3, -0.25) is 20.2 Å². The number of hydrogen-bond donors (Lipinski definition) is 1. The molecule has 0 aromatic heterocycles. The van der Waals surface area contributed by atoms with Crippen molar-refractivity contribution in [2.24, 2.45) is 0 Å². The Morgan fingerprint density at radius 3 is 2.62 bits per heavy atom. The molecular formula is C11H12N4O6. The van der Waals surface area contributed by atoms with E-state index < -0.39 is 15.9 Å². The topological polar surface area (TPSA) is 128 Å². The van der Waals surface area contributed by atoms with Crippen molar-refractivity contribution >= 4 is 23.2 Å². The van der Waals surface area contributed by atoms with E-state index in [1.165, 1.54) is 17.0 Å². The number of benzene rings is 1. The zero-order valence-electron chi connectivity index (χ0n) is 10.9. The third-order valence-electron chi connectivity index (χ3n) is 2.93. The Labute approximate surface area is 118 Å².